The van der Waals surface area contributed by atoms with Gasteiger partial charge in [0.25, 0.3) is 0 Å². The summed E-state index contributed by atoms with van der Waals surface area (Å²) in [6.07, 6.45) is 5.91. The Labute approximate surface area is 117 Å². The van der Waals surface area contributed by atoms with E-state index in [1.165, 1.54) is 23.3 Å². The van der Waals surface area contributed by atoms with Crippen molar-refractivity contribution in [2.45, 2.75) is 31.9 Å². The third-order valence-corrected chi connectivity index (χ3v) is 4.36. The van der Waals surface area contributed by atoms with Crippen LogP contribution in [0.25, 0.3) is 10.6 Å². The minimum Gasteiger partial charge on any atom is -0.378 e. The van der Waals surface area contributed by atoms with Crippen LogP contribution in [0, 0.1) is 0 Å². The zero-order valence-electron chi connectivity index (χ0n) is 10.9. The third kappa shape index (κ3) is 3.23. The Hall–Kier alpha value is -1.17. The Kier molecular flexibility index (Phi) is 4.27. The molecule has 2 aromatic rings. The lowest BCUT2D eigenvalue weighted by atomic mass is 10.2. The topological polar surface area (TPSA) is 49.9 Å². The molecule has 102 valence electrons. The first-order chi connectivity index (χ1) is 9.43. The molecule has 0 amide bonds. The van der Waals surface area contributed by atoms with Crippen LogP contribution in [0.4, 0.5) is 0 Å². The fraction of sp³-hybridized carbons (Fsp3) is 0.500. The standard InChI is InChI=1S/C14H19N3OS/c1-3-12(18-7-1)5-6-15-9-11-10-16-17-14(11)13-4-2-8-19-13/h2,4,8,10,12,15H,1,3,5-7,9H2,(H,16,17)/t12-/m0/s1. The molecule has 5 heteroatoms. The van der Waals surface area contributed by atoms with Crippen LogP contribution in [0.3, 0.4) is 0 Å². The first-order valence-corrected chi connectivity index (χ1v) is 7.70. The molecule has 0 unspecified atom stereocenters. The Morgan fingerprint density at radius 3 is 3.32 bits per heavy atom. The van der Waals surface area contributed by atoms with Gasteiger partial charge >= 0.3 is 0 Å². The van der Waals surface area contributed by atoms with Gasteiger partial charge in [0.15, 0.2) is 0 Å². The summed E-state index contributed by atoms with van der Waals surface area (Å²) in [7, 11) is 0. The Bertz CT molecular complexity index is 489. The lowest BCUT2D eigenvalue weighted by molar-refractivity contribution is 0.104. The van der Waals surface area contributed by atoms with Gasteiger partial charge in [-0.2, -0.15) is 5.10 Å². The molecule has 0 saturated carbocycles. The molecule has 3 heterocycles. The molecule has 0 spiro atoms. The molecule has 1 atom stereocenters. The van der Waals surface area contributed by atoms with Gasteiger partial charge in [-0.15, -0.1) is 11.3 Å². The number of aromatic nitrogens is 2. The highest BCUT2D eigenvalue weighted by molar-refractivity contribution is 7.13. The van der Waals surface area contributed by atoms with E-state index in [0.717, 1.165) is 31.8 Å². The van der Waals surface area contributed by atoms with Gasteiger partial charge in [-0.25, -0.2) is 0 Å². The number of H-pyrrole nitrogens is 1. The van der Waals surface area contributed by atoms with Gasteiger partial charge in [-0.1, -0.05) is 6.07 Å². The zero-order valence-corrected chi connectivity index (χ0v) is 11.7. The van der Waals surface area contributed by atoms with E-state index in [9.17, 15) is 0 Å². The largest absolute Gasteiger partial charge is 0.378 e. The van der Waals surface area contributed by atoms with E-state index in [4.69, 9.17) is 4.74 Å². The summed E-state index contributed by atoms with van der Waals surface area (Å²) in [4.78, 5) is 1.24. The highest BCUT2D eigenvalue weighted by atomic mass is 32.1. The minimum absolute atomic E-state index is 0.466. The SMILES string of the molecule is c1csc(-c2[nH]ncc2CNCC[C@@H]2CCCO2)c1. The maximum absolute atomic E-state index is 5.62. The van der Waals surface area contributed by atoms with E-state index in [1.807, 2.05) is 6.20 Å². The maximum atomic E-state index is 5.62. The summed E-state index contributed by atoms with van der Waals surface area (Å²) < 4.78 is 5.62. The Balaban J connectivity index is 1.49. The summed E-state index contributed by atoms with van der Waals surface area (Å²) >= 11 is 1.74. The van der Waals surface area contributed by atoms with Crippen LogP contribution in [0.15, 0.2) is 23.7 Å². The van der Waals surface area contributed by atoms with Crippen molar-refractivity contribution in [1.82, 2.24) is 15.5 Å². The van der Waals surface area contributed by atoms with E-state index in [2.05, 4.69) is 33.0 Å². The number of hydrogen-bond acceptors (Lipinski definition) is 4. The average Bonchev–Trinajstić information content (AvgIpc) is 3.15. The van der Waals surface area contributed by atoms with Crippen molar-refractivity contribution < 1.29 is 4.74 Å². The fourth-order valence-corrected chi connectivity index (χ4v) is 3.19. The van der Waals surface area contributed by atoms with Crippen molar-refractivity contribution in [2.75, 3.05) is 13.2 Å². The monoisotopic (exact) mass is 277 g/mol. The van der Waals surface area contributed by atoms with E-state index in [1.54, 1.807) is 11.3 Å². The predicted molar refractivity (Wildman–Crippen MR) is 77.2 cm³/mol. The number of nitrogens with zero attached hydrogens (tertiary/aromatic N) is 1. The lowest BCUT2D eigenvalue weighted by Gasteiger charge is -2.09. The van der Waals surface area contributed by atoms with Gasteiger partial charge in [0.05, 0.1) is 22.9 Å². The van der Waals surface area contributed by atoms with Gasteiger partial charge in [0.2, 0.25) is 0 Å². The van der Waals surface area contributed by atoms with Crippen molar-refractivity contribution in [3.05, 3.63) is 29.3 Å². The van der Waals surface area contributed by atoms with Crippen LogP contribution in [-0.4, -0.2) is 29.5 Å². The second kappa shape index (κ2) is 6.32. The summed E-state index contributed by atoms with van der Waals surface area (Å²) in [6.45, 7) is 2.80. The van der Waals surface area contributed by atoms with E-state index >= 15 is 0 Å². The van der Waals surface area contributed by atoms with Gasteiger partial charge < -0.3 is 10.1 Å². The maximum Gasteiger partial charge on any atom is 0.0794 e. The molecule has 2 aromatic heterocycles. The summed E-state index contributed by atoms with van der Waals surface area (Å²) in [5.74, 6) is 0. The van der Waals surface area contributed by atoms with Crippen molar-refractivity contribution in [1.29, 1.82) is 0 Å². The molecular weight excluding hydrogens is 258 g/mol. The quantitative estimate of drug-likeness (QED) is 0.798. The molecule has 0 radical (unpaired) electrons. The van der Waals surface area contributed by atoms with Gasteiger partial charge in [0.1, 0.15) is 0 Å². The lowest BCUT2D eigenvalue weighted by Crippen LogP contribution is -2.19. The number of aromatic amines is 1. The van der Waals surface area contributed by atoms with E-state index in [0.29, 0.717) is 6.10 Å². The van der Waals surface area contributed by atoms with Crippen LogP contribution in [0.5, 0.6) is 0 Å². The fourth-order valence-electron chi connectivity index (χ4n) is 2.44. The second-order valence-corrected chi connectivity index (χ2v) is 5.80. The predicted octanol–water partition coefficient (Wildman–Crippen LogP) is 2.80. The molecule has 1 saturated heterocycles. The molecule has 0 aliphatic carbocycles. The van der Waals surface area contributed by atoms with E-state index < -0.39 is 0 Å². The molecule has 1 aliphatic heterocycles. The Morgan fingerprint density at radius 1 is 1.53 bits per heavy atom. The average molecular weight is 277 g/mol. The van der Waals surface area contributed by atoms with Crippen molar-refractivity contribution >= 4 is 11.3 Å². The van der Waals surface area contributed by atoms with Crippen molar-refractivity contribution in [3.8, 4) is 10.6 Å². The minimum atomic E-state index is 0.466. The molecule has 0 aromatic carbocycles. The number of ether oxygens (including phenoxy) is 1. The first kappa shape index (κ1) is 12.8. The zero-order chi connectivity index (χ0) is 12.9. The van der Waals surface area contributed by atoms with Crippen molar-refractivity contribution in [3.63, 3.8) is 0 Å². The van der Waals surface area contributed by atoms with Crippen molar-refractivity contribution in [2.24, 2.45) is 0 Å². The highest BCUT2D eigenvalue weighted by Crippen LogP contribution is 2.25. The van der Waals surface area contributed by atoms with Crippen LogP contribution < -0.4 is 5.32 Å². The smallest absolute Gasteiger partial charge is 0.0794 e. The second-order valence-electron chi connectivity index (χ2n) is 4.85. The van der Waals surface area contributed by atoms with Crippen LogP contribution in [0.1, 0.15) is 24.8 Å². The molecular formula is C14H19N3OS. The molecule has 0 bridgehead atoms. The van der Waals surface area contributed by atoms with Gasteiger partial charge in [-0.05, 0) is 37.3 Å². The first-order valence-electron chi connectivity index (χ1n) is 6.82. The number of thiophene rings is 1. The molecule has 4 nitrogen and oxygen atoms in total. The summed E-state index contributed by atoms with van der Waals surface area (Å²) in [5.41, 5.74) is 2.37. The van der Waals surface area contributed by atoms with Crippen LogP contribution in [-0.2, 0) is 11.3 Å². The Morgan fingerprint density at radius 2 is 2.53 bits per heavy atom. The molecule has 3 rings (SSSR count). The summed E-state index contributed by atoms with van der Waals surface area (Å²) in [5, 5.41) is 12.8. The third-order valence-electron chi connectivity index (χ3n) is 3.47. The summed E-state index contributed by atoms with van der Waals surface area (Å²) in [6, 6.07) is 4.18. The molecule has 2 N–H and O–H groups in total. The number of nitrogens with one attached hydrogen (secondary N) is 2. The molecule has 1 aliphatic rings. The van der Waals surface area contributed by atoms with Gasteiger partial charge in [-0.3, -0.25) is 5.10 Å². The number of hydrogen-bond donors (Lipinski definition) is 2. The normalized spacial score (nSPS) is 19.1. The van der Waals surface area contributed by atoms with Gasteiger partial charge in [0, 0.05) is 18.7 Å². The van der Waals surface area contributed by atoms with E-state index in [-0.39, 0.29) is 0 Å². The van der Waals surface area contributed by atoms with Crippen LogP contribution in [0.2, 0.25) is 0 Å². The highest BCUT2D eigenvalue weighted by Gasteiger charge is 2.14. The number of rotatable bonds is 6. The molecule has 1 fully saturated rings. The molecule has 19 heavy (non-hydrogen) atoms. The van der Waals surface area contributed by atoms with Crippen LogP contribution >= 0.6 is 11.3 Å².